The fraction of sp³-hybridized carbons (Fsp3) is 0.250. The molecular formula is C8H6Cl2O5. The van der Waals surface area contributed by atoms with Crippen molar-refractivity contribution in [1.82, 2.24) is 0 Å². The number of carbonyl (C=O) groups excluding carboxylic acids is 2. The zero-order valence-corrected chi connectivity index (χ0v) is 9.31. The summed E-state index contributed by atoms with van der Waals surface area (Å²) in [7, 11) is 2.29. The number of rotatable bonds is 2. The zero-order chi connectivity index (χ0) is 11.6. The molecule has 0 aliphatic heterocycles. The van der Waals surface area contributed by atoms with Gasteiger partial charge in [0.05, 0.1) is 14.2 Å². The summed E-state index contributed by atoms with van der Waals surface area (Å²) in [5.41, 5.74) is 0. The molecular weight excluding hydrogens is 247 g/mol. The fourth-order valence-corrected chi connectivity index (χ4v) is 1.24. The Morgan fingerprint density at radius 1 is 1.00 bits per heavy atom. The summed E-state index contributed by atoms with van der Waals surface area (Å²) >= 11 is 11.3. The SMILES string of the molecule is COC(=O)c1oc(C(=O)OC)c(Cl)c1Cl. The quantitative estimate of drug-likeness (QED) is 0.755. The number of methoxy groups -OCH3 is 2. The molecule has 0 aliphatic rings. The van der Waals surface area contributed by atoms with E-state index in [2.05, 4.69) is 9.47 Å². The average Bonchev–Trinajstić information content (AvgIpc) is 2.54. The standard InChI is InChI=1S/C8H6Cl2O5/c1-13-7(11)5-3(9)4(10)6(15-5)8(12)14-2/h1-2H3. The second-order valence-corrected chi connectivity index (χ2v) is 3.13. The van der Waals surface area contributed by atoms with Gasteiger partial charge < -0.3 is 13.9 Å². The smallest absolute Gasteiger partial charge is 0.375 e. The summed E-state index contributed by atoms with van der Waals surface area (Å²) < 4.78 is 13.6. The molecule has 1 heterocycles. The molecule has 1 rings (SSSR count). The minimum Gasteiger partial charge on any atom is -0.463 e. The third-order valence-electron chi connectivity index (χ3n) is 1.54. The van der Waals surface area contributed by atoms with Crippen molar-refractivity contribution in [3.8, 4) is 0 Å². The average molecular weight is 253 g/mol. The highest BCUT2D eigenvalue weighted by atomic mass is 35.5. The molecule has 0 spiro atoms. The summed E-state index contributed by atoms with van der Waals surface area (Å²) in [6.45, 7) is 0. The molecule has 1 aromatic heterocycles. The summed E-state index contributed by atoms with van der Waals surface area (Å²) in [4.78, 5) is 22.2. The van der Waals surface area contributed by atoms with Crippen LogP contribution in [0, 0.1) is 0 Å². The minimum absolute atomic E-state index is 0.177. The lowest BCUT2D eigenvalue weighted by Gasteiger charge is -1.94. The van der Waals surface area contributed by atoms with Crippen LogP contribution in [0.25, 0.3) is 0 Å². The van der Waals surface area contributed by atoms with Crippen LogP contribution in [-0.2, 0) is 9.47 Å². The Morgan fingerprint density at radius 3 is 1.60 bits per heavy atom. The molecule has 82 valence electrons. The van der Waals surface area contributed by atoms with E-state index >= 15 is 0 Å². The van der Waals surface area contributed by atoms with Crippen LogP contribution in [0.2, 0.25) is 10.0 Å². The van der Waals surface area contributed by atoms with Crippen LogP contribution in [0.1, 0.15) is 21.1 Å². The van der Waals surface area contributed by atoms with Crippen LogP contribution >= 0.6 is 23.2 Å². The summed E-state index contributed by atoms with van der Waals surface area (Å²) in [5, 5.41) is -0.354. The van der Waals surface area contributed by atoms with E-state index in [1.54, 1.807) is 0 Å². The predicted molar refractivity (Wildman–Crippen MR) is 51.4 cm³/mol. The topological polar surface area (TPSA) is 65.7 Å². The highest BCUT2D eigenvalue weighted by Crippen LogP contribution is 2.33. The van der Waals surface area contributed by atoms with Gasteiger partial charge in [0.25, 0.3) is 0 Å². The second-order valence-electron chi connectivity index (χ2n) is 2.37. The van der Waals surface area contributed by atoms with Gasteiger partial charge in [-0.05, 0) is 0 Å². The molecule has 0 atom stereocenters. The van der Waals surface area contributed by atoms with Crippen molar-refractivity contribution in [2.75, 3.05) is 14.2 Å². The molecule has 0 fully saturated rings. The van der Waals surface area contributed by atoms with E-state index in [9.17, 15) is 9.59 Å². The maximum absolute atomic E-state index is 11.1. The summed E-state index contributed by atoms with van der Waals surface area (Å²) in [6, 6.07) is 0. The lowest BCUT2D eigenvalue weighted by atomic mass is 10.4. The van der Waals surface area contributed by atoms with E-state index in [4.69, 9.17) is 27.6 Å². The van der Waals surface area contributed by atoms with Gasteiger partial charge in [-0.3, -0.25) is 0 Å². The molecule has 0 aromatic carbocycles. The maximum atomic E-state index is 11.1. The summed E-state index contributed by atoms with van der Waals surface area (Å²) in [5.74, 6) is -2.30. The van der Waals surface area contributed by atoms with Crippen molar-refractivity contribution in [3.05, 3.63) is 21.6 Å². The fourth-order valence-electron chi connectivity index (χ4n) is 0.839. The van der Waals surface area contributed by atoms with Crippen LogP contribution in [0.15, 0.2) is 4.42 Å². The number of halogens is 2. The van der Waals surface area contributed by atoms with Crippen LogP contribution in [0.5, 0.6) is 0 Å². The Morgan fingerprint density at radius 2 is 1.33 bits per heavy atom. The largest absolute Gasteiger partial charge is 0.463 e. The highest BCUT2D eigenvalue weighted by molar-refractivity contribution is 6.45. The lowest BCUT2D eigenvalue weighted by Crippen LogP contribution is -2.01. The highest BCUT2D eigenvalue weighted by Gasteiger charge is 2.27. The lowest BCUT2D eigenvalue weighted by molar-refractivity contribution is 0.0531. The molecule has 0 radical (unpaired) electrons. The number of hydrogen-bond acceptors (Lipinski definition) is 5. The van der Waals surface area contributed by atoms with Gasteiger partial charge in [0, 0.05) is 0 Å². The third-order valence-corrected chi connectivity index (χ3v) is 2.36. The summed E-state index contributed by atoms with van der Waals surface area (Å²) in [6.07, 6.45) is 0. The van der Waals surface area contributed by atoms with Crippen molar-refractivity contribution < 1.29 is 23.5 Å². The first-order chi connectivity index (χ1) is 7.02. The van der Waals surface area contributed by atoms with Crippen molar-refractivity contribution in [3.63, 3.8) is 0 Å². The zero-order valence-electron chi connectivity index (χ0n) is 7.80. The van der Waals surface area contributed by atoms with Gasteiger partial charge >= 0.3 is 11.9 Å². The van der Waals surface area contributed by atoms with Gasteiger partial charge in [0.2, 0.25) is 11.5 Å². The number of carbonyl (C=O) groups is 2. The molecule has 0 saturated carbocycles. The normalized spacial score (nSPS) is 9.87. The first-order valence-corrected chi connectivity index (χ1v) is 4.43. The van der Waals surface area contributed by atoms with Crippen molar-refractivity contribution in [2.45, 2.75) is 0 Å². The maximum Gasteiger partial charge on any atom is 0.375 e. The number of esters is 2. The van der Waals surface area contributed by atoms with Gasteiger partial charge in [-0.25, -0.2) is 9.59 Å². The first-order valence-electron chi connectivity index (χ1n) is 3.67. The van der Waals surface area contributed by atoms with E-state index in [0.29, 0.717) is 0 Å². The van der Waals surface area contributed by atoms with Gasteiger partial charge in [-0.1, -0.05) is 23.2 Å². The molecule has 1 aromatic rings. The Balaban J connectivity index is 3.24. The van der Waals surface area contributed by atoms with Crippen molar-refractivity contribution >= 4 is 35.1 Å². The first kappa shape index (κ1) is 11.9. The Kier molecular flexibility index (Phi) is 3.60. The van der Waals surface area contributed by atoms with Crippen molar-refractivity contribution in [1.29, 1.82) is 0 Å². The molecule has 0 aliphatic carbocycles. The minimum atomic E-state index is -0.822. The second kappa shape index (κ2) is 4.55. The van der Waals surface area contributed by atoms with Crippen LogP contribution in [-0.4, -0.2) is 26.2 Å². The number of ether oxygens (including phenoxy) is 2. The van der Waals surface area contributed by atoms with E-state index in [1.165, 1.54) is 0 Å². The van der Waals surface area contributed by atoms with E-state index in [1.807, 2.05) is 0 Å². The van der Waals surface area contributed by atoms with Crippen LogP contribution in [0.3, 0.4) is 0 Å². The van der Waals surface area contributed by atoms with Crippen molar-refractivity contribution in [2.24, 2.45) is 0 Å². The molecule has 0 saturated heterocycles. The molecule has 0 unspecified atom stereocenters. The van der Waals surface area contributed by atoms with Gasteiger partial charge in [0.15, 0.2) is 0 Å². The molecule has 0 N–H and O–H groups in total. The van der Waals surface area contributed by atoms with E-state index < -0.39 is 11.9 Å². The van der Waals surface area contributed by atoms with E-state index in [0.717, 1.165) is 14.2 Å². The molecule has 5 nitrogen and oxygen atoms in total. The van der Waals surface area contributed by atoms with Gasteiger partial charge in [0.1, 0.15) is 10.0 Å². The molecule has 0 bridgehead atoms. The number of hydrogen-bond donors (Lipinski definition) is 0. The van der Waals surface area contributed by atoms with Gasteiger partial charge in [-0.15, -0.1) is 0 Å². The van der Waals surface area contributed by atoms with Crippen LogP contribution in [0.4, 0.5) is 0 Å². The molecule has 15 heavy (non-hydrogen) atoms. The Hall–Kier alpha value is -1.20. The Labute approximate surface area is 94.8 Å². The van der Waals surface area contributed by atoms with Crippen LogP contribution < -0.4 is 0 Å². The molecule has 7 heteroatoms. The number of furan rings is 1. The van der Waals surface area contributed by atoms with Gasteiger partial charge in [-0.2, -0.15) is 0 Å². The molecule has 0 amide bonds. The Bertz CT molecular complexity index is 373. The van der Waals surface area contributed by atoms with E-state index in [-0.39, 0.29) is 21.6 Å². The predicted octanol–water partition coefficient (Wildman–Crippen LogP) is 2.16. The third kappa shape index (κ3) is 2.08. The monoisotopic (exact) mass is 252 g/mol.